The summed E-state index contributed by atoms with van der Waals surface area (Å²) in [5.41, 5.74) is 1.09. The number of azo groups is 1. The highest BCUT2D eigenvalue weighted by atomic mass is 35.5. The largest absolute Gasteiger partial charge is 0.505 e. The lowest BCUT2D eigenvalue weighted by atomic mass is 10.0. The summed E-state index contributed by atoms with van der Waals surface area (Å²) in [5.74, 6) is -0.478. The molecule has 0 aliphatic rings. The molecule has 2 N–H and O–H groups in total. The van der Waals surface area contributed by atoms with E-state index in [-0.39, 0.29) is 27.7 Å². The molecule has 0 aliphatic heterocycles. The molecule has 0 unspecified atom stereocenters. The monoisotopic (exact) mass is 465 g/mol. The number of halogens is 2. The van der Waals surface area contributed by atoms with Gasteiger partial charge in [-0.05, 0) is 35.7 Å². The Morgan fingerprint density at radius 2 is 1.69 bits per heavy atom. The molecule has 0 aromatic heterocycles. The molecule has 4 aromatic rings. The number of methoxy groups -OCH3 is 1. The highest BCUT2D eigenvalue weighted by Crippen LogP contribution is 2.42. The van der Waals surface area contributed by atoms with E-state index < -0.39 is 5.91 Å². The lowest BCUT2D eigenvalue weighted by Gasteiger charge is -2.11. The fourth-order valence-corrected chi connectivity index (χ4v) is 3.80. The highest BCUT2D eigenvalue weighted by molar-refractivity contribution is 6.36. The van der Waals surface area contributed by atoms with E-state index in [4.69, 9.17) is 27.9 Å². The number of amides is 1. The Morgan fingerprint density at radius 3 is 2.44 bits per heavy atom. The van der Waals surface area contributed by atoms with Gasteiger partial charge < -0.3 is 15.2 Å². The zero-order valence-corrected chi connectivity index (χ0v) is 18.4. The van der Waals surface area contributed by atoms with Crippen LogP contribution in [0.1, 0.15) is 10.4 Å². The number of phenols is 1. The fourth-order valence-electron chi connectivity index (χ4n) is 3.24. The first-order valence-corrected chi connectivity index (χ1v) is 10.3. The summed E-state index contributed by atoms with van der Waals surface area (Å²) < 4.78 is 5.29. The van der Waals surface area contributed by atoms with Crippen molar-refractivity contribution in [2.24, 2.45) is 10.2 Å². The molecule has 32 heavy (non-hydrogen) atoms. The number of aromatic hydroxyl groups is 1. The minimum absolute atomic E-state index is 0.0672. The second-order valence-corrected chi connectivity index (χ2v) is 7.65. The average molecular weight is 466 g/mol. The number of para-hydroxylation sites is 1. The predicted octanol–water partition coefficient (Wildman–Crippen LogP) is 7.53. The minimum atomic E-state index is -0.473. The van der Waals surface area contributed by atoms with Crippen LogP contribution < -0.4 is 10.1 Å². The van der Waals surface area contributed by atoms with Gasteiger partial charge in [0, 0.05) is 16.1 Å². The quantitative estimate of drug-likeness (QED) is 0.298. The van der Waals surface area contributed by atoms with Gasteiger partial charge in [-0.25, -0.2) is 0 Å². The van der Waals surface area contributed by atoms with Crippen molar-refractivity contribution >= 4 is 56.9 Å². The van der Waals surface area contributed by atoms with E-state index in [1.807, 2.05) is 18.2 Å². The van der Waals surface area contributed by atoms with E-state index >= 15 is 0 Å². The molecule has 0 bridgehead atoms. The molecule has 0 aliphatic carbocycles. The van der Waals surface area contributed by atoms with Crippen molar-refractivity contribution in [3.05, 3.63) is 88.4 Å². The first-order chi connectivity index (χ1) is 15.5. The molecule has 0 fully saturated rings. The average Bonchev–Trinajstić information content (AvgIpc) is 2.78. The Balaban J connectivity index is 1.82. The van der Waals surface area contributed by atoms with Crippen molar-refractivity contribution < 1.29 is 14.6 Å². The Bertz CT molecular complexity index is 1340. The molecular formula is C24H17Cl2N3O3. The molecular weight excluding hydrogens is 449 g/mol. The van der Waals surface area contributed by atoms with Gasteiger partial charge in [-0.3, -0.25) is 4.79 Å². The number of carbonyl (C=O) groups is 1. The molecule has 0 radical (unpaired) electrons. The number of hydrogen-bond acceptors (Lipinski definition) is 5. The Kier molecular flexibility index (Phi) is 6.25. The normalized spacial score (nSPS) is 11.1. The van der Waals surface area contributed by atoms with Crippen LogP contribution in [0.3, 0.4) is 0 Å². The van der Waals surface area contributed by atoms with Crippen LogP contribution in [0.4, 0.5) is 17.1 Å². The van der Waals surface area contributed by atoms with Crippen molar-refractivity contribution in [3.8, 4) is 11.5 Å². The van der Waals surface area contributed by atoms with E-state index in [9.17, 15) is 9.90 Å². The summed E-state index contributed by atoms with van der Waals surface area (Å²) in [6.07, 6.45) is 0. The summed E-state index contributed by atoms with van der Waals surface area (Å²) in [7, 11) is 1.45. The number of carbonyl (C=O) groups excluding carboxylic acids is 1. The summed E-state index contributed by atoms with van der Waals surface area (Å²) in [4.78, 5) is 12.9. The van der Waals surface area contributed by atoms with Crippen molar-refractivity contribution in [3.63, 3.8) is 0 Å². The number of nitrogens with one attached hydrogen (secondary N) is 1. The van der Waals surface area contributed by atoms with Crippen LogP contribution in [-0.2, 0) is 0 Å². The van der Waals surface area contributed by atoms with Crippen LogP contribution >= 0.6 is 23.2 Å². The number of fused-ring (bicyclic) bond motifs is 1. The highest BCUT2D eigenvalue weighted by Gasteiger charge is 2.19. The molecule has 6 nitrogen and oxygen atoms in total. The summed E-state index contributed by atoms with van der Waals surface area (Å²) in [6.45, 7) is 0. The van der Waals surface area contributed by atoms with Gasteiger partial charge in [0.05, 0.1) is 17.7 Å². The number of rotatable bonds is 5. The van der Waals surface area contributed by atoms with Crippen LogP contribution in [0, 0.1) is 0 Å². The standard InChI is InChI=1S/C24H17Cl2N3O3/c1-32-23-19(26)12-15(25)13-20(23)28-29-21-17-10-6-5-7-14(17)11-18(22(21)30)24(31)27-16-8-3-2-4-9-16/h2-13,30H,1H3,(H,27,31). The SMILES string of the molecule is COc1c(Cl)cc(Cl)cc1N=Nc1c(O)c(C(=O)Nc2ccccc2)cc2ccccc12. The maximum Gasteiger partial charge on any atom is 0.259 e. The van der Waals surface area contributed by atoms with E-state index in [1.54, 1.807) is 48.5 Å². The lowest BCUT2D eigenvalue weighted by Crippen LogP contribution is -2.12. The van der Waals surface area contributed by atoms with Crippen LogP contribution in [0.2, 0.25) is 10.0 Å². The van der Waals surface area contributed by atoms with Crippen molar-refractivity contribution in [1.29, 1.82) is 0 Å². The van der Waals surface area contributed by atoms with Crippen LogP contribution in [0.15, 0.2) is 83.0 Å². The molecule has 0 saturated carbocycles. The van der Waals surface area contributed by atoms with Gasteiger partial charge in [0.2, 0.25) is 0 Å². The third-order valence-corrected chi connectivity index (χ3v) is 5.22. The number of benzene rings is 4. The molecule has 8 heteroatoms. The summed E-state index contributed by atoms with van der Waals surface area (Å²) in [6, 6.07) is 20.9. The molecule has 4 aromatic carbocycles. The van der Waals surface area contributed by atoms with Gasteiger partial charge in [-0.1, -0.05) is 65.7 Å². The molecule has 1 amide bonds. The number of hydrogen-bond donors (Lipinski definition) is 2. The van der Waals surface area contributed by atoms with E-state index in [2.05, 4.69) is 15.5 Å². The molecule has 0 saturated heterocycles. The molecule has 0 atom stereocenters. The van der Waals surface area contributed by atoms with Gasteiger partial charge >= 0.3 is 0 Å². The summed E-state index contributed by atoms with van der Waals surface area (Å²) in [5, 5.41) is 24.1. The van der Waals surface area contributed by atoms with Gasteiger partial charge in [0.15, 0.2) is 11.5 Å². The Hall–Kier alpha value is -3.61. The van der Waals surface area contributed by atoms with Crippen molar-refractivity contribution in [1.82, 2.24) is 0 Å². The maximum atomic E-state index is 12.9. The minimum Gasteiger partial charge on any atom is -0.505 e. The van der Waals surface area contributed by atoms with E-state index in [1.165, 1.54) is 13.2 Å². The zero-order valence-electron chi connectivity index (χ0n) is 16.8. The smallest absolute Gasteiger partial charge is 0.259 e. The molecule has 160 valence electrons. The first kappa shape index (κ1) is 21.6. The van der Waals surface area contributed by atoms with E-state index in [0.717, 1.165) is 0 Å². The second kappa shape index (κ2) is 9.26. The van der Waals surface area contributed by atoms with E-state index in [0.29, 0.717) is 27.2 Å². The maximum absolute atomic E-state index is 12.9. The van der Waals surface area contributed by atoms with Gasteiger partial charge in [0.25, 0.3) is 5.91 Å². The number of ether oxygens (including phenoxy) is 1. The topological polar surface area (TPSA) is 83.3 Å². The third kappa shape index (κ3) is 4.37. The predicted molar refractivity (Wildman–Crippen MR) is 127 cm³/mol. The Morgan fingerprint density at radius 1 is 0.969 bits per heavy atom. The molecule has 0 spiro atoms. The van der Waals surface area contributed by atoms with Crippen molar-refractivity contribution in [2.75, 3.05) is 12.4 Å². The fraction of sp³-hybridized carbons (Fsp3) is 0.0417. The number of nitrogens with zero attached hydrogens (tertiary/aromatic N) is 2. The summed E-state index contributed by atoms with van der Waals surface area (Å²) >= 11 is 12.3. The van der Waals surface area contributed by atoms with Crippen LogP contribution in [0.25, 0.3) is 10.8 Å². The molecule has 0 heterocycles. The van der Waals surface area contributed by atoms with Gasteiger partial charge in [-0.15, -0.1) is 10.2 Å². The van der Waals surface area contributed by atoms with Crippen LogP contribution in [0.5, 0.6) is 11.5 Å². The number of anilines is 1. The number of phenolic OH excluding ortho intramolecular Hbond substituents is 1. The second-order valence-electron chi connectivity index (χ2n) is 6.80. The van der Waals surface area contributed by atoms with Crippen LogP contribution in [-0.4, -0.2) is 18.1 Å². The first-order valence-electron chi connectivity index (χ1n) is 9.54. The Labute approximate surface area is 194 Å². The van der Waals surface area contributed by atoms with Crippen molar-refractivity contribution in [2.45, 2.75) is 0 Å². The van der Waals surface area contributed by atoms with Gasteiger partial charge in [0.1, 0.15) is 11.4 Å². The molecule has 4 rings (SSSR count). The van der Waals surface area contributed by atoms with Gasteiger partial charge in [-0.2, -0.15) is 0 Å². The zero-order chi connectivity index (χ0) is 22.7. The lowest BCUT2D eigenvalue weighted by molar-refractivity contribution is 0.102. The third-order valence-electron chi connectivity index (χ3n) is 4.72.